The minimum atomic E-state index is -5.96. The largest absolute Gasteiger partial charge is 0.441 e. The Labute approximate surface area is 201 Å². The average molecular weight is 512 g/mol. The summed E-state index contributed by atoms with van der Waals surface area (Å²) in [5, 5.41) is 19.0. The molecule has 2 heterocycles. The SMILES string of the molecule is Cc1oc(-c2cccc(CCO)c2)nc1Cn1c(C)cc2cc(C(O)(C(F)(F)F)C(F)(F)F)ccc21. The molecule has 0 aliphatic carbocycles. The van der Waals surface area contributed by atoms with E-state index in [4.69, 9.17) is 9.52 Å². The number of benzene rings is 2. The zero-order valence-corrected chi connectivity index (χ0v) is 19.2. The van der Waals surface area contributed by atoms with Crippen LogP contribution < -0.4 is 0 Å². The van der Waals surface area contributed by atoms with Gasteiger partial charge in [0.05, 0.1) is 6.54 Å². The predicted octanol–water partition coefficient (Wildman–Crippen LogP) is 5.81. The molecule has 192 valence electrons. The van der Waals surface area contributed by atoms with Gasteiger partial charge in [0.25, 0.3) is 5.60 Å². The summed E-state index contributed by atoms with van der Waals surface area (Å²) in [4.78, 5) is 4.54. The fourth-order valence-electron chi connectivity index (χ4n) is 4.17. The van der Waals surface area contributed by atoms with Crippen molar-refractivity contribution in [2.24, 2.45) is 0 Å². The second-order valence-electron chi connectivity index (χ2n) is 8.55. The highest BCUT2D eigenvalue weighted by Gasteiger charge is 2.71. The lowest BCUT2D eigenvalue weighted by Crippen LogP contribution is -2.53. The van der Waals surface area contributed by atoms with Crippen LogP contribution in [0.3, 0.4) is 0 Å². The highest BCUT2D eigenvalue weighted by atomic mass is 19.4. The van der Waals surface area contributed by atoms with Crippen LogP contribution in [0.5, 0.6) is 0 Å². The first-order valence-corrected chi connectivity index (χ1v) is 10.9. The number of aliphatic hydroxyl groups excluding tert-OH is 1. The molecule has 4 aromatic rings. The number of nitrogens with zero attached hydrogens (tertiary/aromatic N) is 2. The van der Waals surface area contributed by atoms with Crippen molar-refractivity contribution >= 4 is 10.9 Å². The molecule has 0 saturated heterocycles. The molecule has 2 aromatic heterocycles. The first-order valence-electron chi connectivity index (χ1n) is 10.9. The Bertz CT molecular complexity index is 1390. The van der Waals surface area contributed by atoms with Gasteiger partial charge in [-0.05, 0) is 56.2 Å². The predicted molar refractivity (Wildman–Crippen MR) is 119 cm³/mol. The number of rotatable bonds is 6. The quantitative estimate of drug-likeness (QED) is 0.320. The van der Waals surface area contributed by atoms with Gasteiger partial charge in [0.15, 0.2) is 0 Å². The van der Waals surface area contributed by atoms with Gasteiger partial charge in [0.1, 0.15) is 11.5 Å². The van der Waals surface area contributed by atoms with E-state index in [-0.39, 0.29) is 18.5 Å². The second-order valence-corrected chi connectivity index (χ2v) is 8.55. The molecule has 0 saturated carbocycles. The standard InChI is InChI=1S/C25H22F6N2O3/c1-14-10-18-12-19(23(35,24(26,27)28)25(29,30)31)6-7-21(18)33(14)13-20-15(2)36-22(32-20)17-5-3-4-16(11-17)8-9-34/h3-7,10-12,34-35H,8-9,13H2,1-2H3. The Morgan fingerprint density at radius 3 is 2.28 bits per heavy atom. The molecule has 2 N–H and O–H groups in total. The third-order valence-electron chi connectivity index (χ3n) is 6.12. The number of aryl methyl sites for hydroxylation is 2. The lowest BCUT2D eigenvalue weighted by molar-refractivity contribution is -0.376. The van der Waals surface area contributed by atoms with Crippen molar-refractivity contribution in [2.75, 3.05) is 6.61 Å². The number of alkyl halides is 6. The minimum Gasteiger partial charge on any atom is -0.441 e. The highest BCUT2D eigenvalue weighted by molar-refractivity contribution is 5.82. The molecule has 2 aromatic carbocycles. The molecule has 0 bridgehead atoms. The van der Waals surface area contributed by atoms with E-state index in [0.29, 0.717) is 52.7 Å². The van der Waals surface area contributed by atoms with E-state index < -0.39 is 23.5 Å². The molecule has 0 unspecified atom stereocenters. The van der Waals surface area contributed by atoms with Crippen molar-refractivity contribution in [2.45, 2.75) is 44.8 Å². The molecule has 0 aliphatic heterocycles. The summed E-state index contributed by atoms with van der Waals surface area (Å²) in [6.07, 6.45) is -11.5. The van der Waals surface area contributed by atoms with Gasteiger partial charge in [-0.1, -0.05) is 18.2 Å². The van der Waals surface area contributed by atoms with Crippen LogP contribution >= 0.6 is 0 Å². The van der Waals surface area contributed by atoms with Crippen molar-refractivity contribution < 1.29 is 41.0 Å². The first kappa shape index (κ1) is 25.8. The molecule has 5 nitrogen and oxygen atoms in total. The lowest BCUT2D eigenvalue weighted by atomic mass is 9.91. The van der Waals surface area contributed by atoms with Crippen LogP contribution in [0.1, 0.15) is 28.3 Å². The fourth-order valence-corrected chi connectivity index (χ4v) is 4.17. The van der Waals surface area contributed by atoms with Crippen molar-refractivity contribution in [3.05, 3.63) is 76.8 Å². The van der Waals surface area contributed by atoms with Gasteiger partial charge in [-0.15, -0.1) is 0 Å². The van der Waals surface area contributed by atoms with Gasteiger partial charge < -0.3 is 19.2 Å². The summed E-state index contributed by atoms with van der Waals surface area (Å²) in [5.74, 6) is 0.845. The third kappa shape index (κ3) is 4.37. The fraction of sp³-hybridized carbons (Fsp3) is 0.320. The van der Waals surface area contributed by atoms with E-state index in [1.807, 2.05) is 18.2 Å². The van der Waals surface area contributed by atoms with Gasteiger partial charge in [0, 0.05) is 34.3 Å². The number of hydrogen-bond acceptors (Lipinski definition) is 4. The molecule has 0 atom stereocenters. The molecule has 0 radical (unpaired) electrons. The van der Waals surface area contributed by atoms with Crippen molar-refractivity contribution in [1.82, 2.24) is 9.55 Å². The van der Waals surface area contributed by atoms with Gasteiger partial charge in [-0.2, -0.15) is 26.3 Å². The summed E-state index contributed by atoms with van der Waals surface area (Å²) in [6, 6.07) is 11.2. The first-order chi connectivity index (χ1) is 16.8. The van der Waals surface area contributed by atoms with Crippen LogP contribution in [0, 0.1) is 13.8 Å². The molecule has 0 spiro atoms. The molecule has 0 aliphatic rings. The van der Waals surface area contributed by atoms with Crippen LogP contribution in [0.4, 0.5) is 26.3 Å². The Morgan fingerprint density at radius 2 is 1.64 bits per heavy atom. The van der Waals surface area contributed by atoms with Crippen molar-refractivity contribution in [1.29, 1.82) is 0 Å². The smallest absolute Gasteiger partial charge is 0.430 e. The molecule has 36 heavy (non-hydrogen) atoms. The summed E-state index contributed by atoms with van der Waals surface area (Å²) >= 11 is 0. The molecule has 0 amide bonds. The number of halogens is 6. The second kappa shape index (κ2) is 8.97. The van der Waals surface area contributed by atoms with Crippen LogP contribution in [-0.2, 0) is 18.6 Å². The normalized spacial score (nSPS) is 13.1. The van der Waals surface area contributed by atoms with Crippen LogP contribution in [0.2, 0.25) is 0 Å². The van der Waals surface area contributed by atoms with Crippen LogP contribution in [0.15, 0.2) is 52.9 Å². The summed E-state index contributed by atoms with van der Waals surface area (Å²) in [5.41, 5.74) is -3.23. The molecule has 0 fully saturated rings. The number of fused-ring (bicyclic) bond motifs is 1. The minimum absolute atomic E-state index is 0.00957. The average Bonchev–Trinajstić information content (AvgIpc) is 3.31. The number of oxazole rings is 1. The summed E-state index contributed by atoms with van der Waals surface area (Å²) in [6.45, 7) is 3.51. The van der Waals surface area contributed by atoms with E-state index in [1.54, 1.807) is 24.5 Å². The lowest BCUT2D eigenvalue weighted by Gasteiger charge is -2.32. The van der Waals surface area contributed by atoms with E-state index in [2.05, 4.69) is 4.98 Å². The number of aromatic nitrogens is 2. The Kier molecular flexibility index (Phi) is 6.42. The van der Waals surface area contributed by atoms with Gasteiger partial charge >= 0.3 is 12.4 Å². The Morgan fingerprint density at radius 1 is 0.944 bits per heavy atom. The van der Waals surface area contributed by atoms with E-state index in [0.717, 1.165) is 11.6 Å². The summed E-state index contributed by atoms with van der Waals surface area (Å²) < 4.78 is 87.3. The van der Waals surface area contributed by atoms with Gasteiger partial charge in [-0.25, -0.2) is 4.98 Å². The molecule has 11 heteroatoms. The molecular weight excluding hydrogens is 490 g/mol. The van der Waals surface area contributed by atoms with Crippen molar-refractivity contribution in [3.63, 3.8) is 0 Å². The Hall–Kier alpha value is -3.31. The summed E-state index contributed by atoms with van der Waals surface area (Å²) in [7, 11) is 0. The molecule has 4 rings (SSSR count). The number of aliphatic hydroxyl groups is 2. The highest BCUT2D eigenvalue weighted by Crippen LogP contribution is 2.50. The van der Waals surface area contributed by atoms with Gasteiger partial charge in [0.2, 0.25) is 5.89 Å². The van der Waals surface area contributed by atoms with E-state index in [1.165, 1.54) is 6.07 Å². The van der Waals surface area contributed by atoms with Crippen molar-refractivity contribution in [3.8, 4) is 11.5 Å². The maximum atomic E-state index is 13.3. The van der Waals surface area contributed by atoms with Crippen LogP contribution in [0.25, 0.3) is 22.4 Å². The van der Waals surface area contributed by atoms with Crippen LogP contribution in [-0.4, -0.2) is 38.7 Å². The zero-order chi connectivity index (χ0) is 26.5. The topological polar surface area (TPSA) is 71.4 Å². The number of hydrogen-bond donors (Lipinski definition) is 2. The zero-order valence-electron chi connectivity index (χ0n) is 19.2. The Balaban J connectivity index is 1.71. The molecular formula is C25H22F6N2O3. The maximum absolute atomic E-state index is 13.3. The van der Waals surface area contributed by atoms with E-state index in [9.17, 15) is 31.4 Å². The van der Waals surface area contributed by atoms with E-state index >= 15 is 0 Å². The van der Waals surface area contributed by atoms with Gasteiger partial charge in [-0.3, -0.25) is 0 Å². The third-order valence-corrected chi connectivity index (χ3v) is 6.12. The maximum Gasteiger partial charge on any atom is 0.430 e. The monoisotopic (exact) mass is 512 g/mol.